The smallest absolute Gasteiger partial charge is 0.260 e. The molecule has 0 radical (unpaired) electrons. The second kappa shape index (κ2) is 10.9. The Labute approximate surface area is 86.8 Å². The van der Waals surface area contributed by atoms with Crippen molar-refractivity contribution in [3.05, 3.63) is 0 Å². The van der Waals surface area contributed by atoms with E-state index in [0.29, 0.717) is 0 Å². The number of rotatable bonds is 6. The van der Waals surface area contributed by atoms with Gasteiger partial charge in [-0.05, 0) is 0 Å². The topological polar surface area (TPSA) is 54.4 Å². The first-order chi connectivity index (χ1) is 6.41. The molecule has 0 aliphatic carbocycles. The molecule has 0 fully saturated rings. The predicted octanol–water partition coefficient (Wildman–Crippen LogP) is 3.52. The van der Waals surface area contributed by atoms with E-state index in [9.17, 15) is 3.89 Å². The van der Waals surface area contributed by atoms with Gasteiger partial charge in [0.1, 0.15) is 0 Å². The minimum absolute atomic E-state index is 1.37. The fourth-order valence-corrected chi connectivity index (χ4v) is 1.03. The summed E-state index contributed by atoms with van der Waals surface area (Å²) in [5, 5.41) is 0. The molecule has 0 amide bonds. The lowest BCUT2D eigenvalue weighted by Gasteiger charge is -1.96. The van der Waals surface area contributed by atoms with E-state index >= 15 is 0 Å². The van der Waals surface area contributed by atoms with Gasteiger partial charge in [0.05, 0.1) is 0 Å². The lowest BCUT2D eigenvalue weighted by Crippen LogP contribution is -1.80. The van der Waals surface area contributed by atoms with E-state index in [1.54, 1.807) is 0 Å². The molecule has 0 aromatic heterocycles. The van der Waals surface area contributed by atoms with Crippen molar-refractivity contribution in [1.82, 2.24) is 0 Å². The van der Waals surface area contributed by atoms with Gasteiger partial charge < -0.3 is 0 Å². The van der Waals surface area contributed by atoms with Crippen molar-refractivity contribution >= 4 is 10.5 Å². The molecule has 0 aliphatic heterocycles. The van der Waals surface area contributed by atoms with Crippen molar-refractivity contribution in [3.8, 4) is 0 Å². The molecule has 0 spiro atoms. The Morgan fingerprint density at radius 1 is 0.929 bits per heavy atom. The summed E-state index contributed by atoms with van der Waals surface area (Å²) in [4.78, 5) is 0. The van der Waals surface area contributed by atoms with Crippen LogP contribution in [0.25, 0.3) is 0 Å². The third-order valence-electron chi connectivity index (χ3n) is 1.71. The van der Waals surface area contributed by atoms with Gasteiger partial charge in [0, 0.05) is 0 Å². The van der Waals surface area contributed by atoms with E-state index in [4.69, 9.17) is 13.0 Å². The highest BCUT2D eigenvalue weighted by Crippen LogP contribution is 2.05. The first kappa shape index (κ1) is 16.3. The molecule has 1 N–H and O–H groups in total. The summed E-state index contributed by atoms with van der Waals surface area (Å²) in [6.07, 6.45) is 9.97. The van der Waals surface area contributed by atoms with Crippen LogP contribution in [0.3, 0.4) is 0 Å². The number of hydrogen-bond donors (Lipinski definition) is 1. The lowest BCUT2D eigenvalue weighted by atomic mass is 10.1. The van der Waals surface area contributed by atoms with Crippen molar-refractivity contribution in [2.45, 2.75) is 58.8 Å². The van der Waals surface area contributed by atoms with Crippen LogP contribution < -0.4 is 0 Å². The zero-order valence-corrected chi connectivity index (χ0v) is 9.82. The van der Waals surface area contributed by atoms with E-state index in [1.807, 2.05) is 0 Å². The summed E-state index contributed by atoms with van der Waals surface area (Å²) < 4.78 is 34.1. The van der Waals surface area contributed by atoms with Gasteiger partial charge in [0.15, 0.2) is 0 Å². The molecule has 0 aliphatic rings. The van der Waals surface area contributed by atoms with E-state index in [-0.39, 0.29) is 0 Å². The van der Waals surface area contributed by atoms with Crippen molar-refractivity contribution in [3.63, 3.8) is 0 Å². The molecule has 0 aromatic rings. The molecule has 0 saturated heterocycles. The Bertz CT molecular complexity index is 176. The summed E-state index contributed by atoms with van der Waals surface area (Å²) >= 11 is 0. The molecule has 5 heteroatoms. The Morgan fingerprint density at radius 3 is 1.36 bits per heavy atom. The average molecular weight is 228 g/mol. The first-order valence-electron chi connectivity index (χ1n) is 5.08. The lowest BCUT2D eigenvalue weighted by molar-refractivity contribution is 0.435. The predicted molar refractivity (Wildman–Crippen MR) is 56.3 cm³/mol. The molecular weight excluding hydrogens is 207 g/mol. The molecule has 0 unspecified atom stereocenters. The van der Waals surface area contributed by atoms with E-state index < -0.39 is 10.5 Å². The second-order valence-corrected chi connectivity index (χ2v) is 4.00. The van der Waals surface area contributed by atoms with Crippen LogP contribution in [0.15, 0.2) is 0 Å². The Morgan fingerprint density at radius 2 is 1.14 bits per heavy atom. The molecule has 88 valence electrons. The minimum atomic E-state index is -5.17. The molecule has 0 aromatic carbocycles. The third-order valence-corrected chi connectivity index (χ3v) is 1.71. The van der Waals surface area contributed by atoms with Crippen LogP contribution in [-0.4, -0.2) is 13.0 Å². The standard InChI is InChI=1S/C9H20.FHO3S/c1-3-5-7-9-8-6-4-2;1-5(2,3)4/h3-9H2,1-2H3;(H,2,3,4). The fraction of sp³-hybridized carbons (Fsp3) is 1.00. The molecule has 0 rings (SSSR count). The van der Waals surface area contributed by atoms with Gasteiger partial charge in [-0.15, -0.1) is 0 Å². The summed E-state index contributed by atoms with van der Waals surface area (Å²) in [6, 6.07) is 0. The first-order valence-corrected chi connectivity index (χ1v) is 6.42. The maximum absolute atomic E-state index is 10.2. The zero-order valence-electron chi connectivity index (χ0n) is 9.00. The third kappa shape index (κ3) is 40.8. The van der Waals surface area contributed by atoms with Crippen LogP contribution in [0.2, 0.25) is 0 Å². The highest BCUT2D eigenvalue weighted by Gasteiger charge is 1.89. The quantitative estimate of drug-likeness (QED) is 0.430. The largest absolute Gasteiger partial charge is 0.435 e. The normalized spacial score (nSPS) is 10.6. The highest BCUT2D eigenvalue weighted by molar-refractivity contribution is 7.80. The average Bonchev–Trinajstić information content (AvgIpc) is 2.01. The Kier molecular flexibility index (Phi) is 12.7. The van der Waals surface area contributed by atoms with Crippen LogP contribution in [0.1, 0.15) is 58.8 Å². The van der Waals surface area contributed by atoms with Crippen LogP contribution >= 0.6 is 0 Å². The van der Waals surface area contributed by atoms with Gasteiger partial charge in [-0.1, -0.05) is 62.7 Å². The fourth-order valence-electron chi connectivity index (χ4n) is 1.03. The van der Waals surface area contributed by atoms with E-state index in [2.05, 4.69) is 13.8 Å². The maximum Gasteiger partial charge on any atom is 0.435 e. The Balaban J connectivity index is 0. The van der Waals surface area contributed by atoms with Gasteiger partial charge in [-0.2, -0.15) is 8.42 Å². The van der Waals surface area contributed by atoms with Gasteiger partial charge in [0.2, 0.25) is 0 Å². The summed E-state index contributed by atoms with van der Waals surface area (Å²) in [5.74, 6) is 0. The Hall–Kier alpha value is -0.160. The molecule has 0 saturated carbocycles. The summed E-state index contributed by atoms with van der Waals surface area (Å²) in [6.45, 7) is 4.53. The van der Waals surface area contributed by atoms with Gasteiger partial charge >= 0.3 is 10.5 Å². The number of halogens is 1. The van der Waals surface area contributed by atoms with Crippen LogP contribution in [0.4, 0.5) is 3.89 Å². The summed E-state index contributed by atoms with van der Waals surface area (Å²) in [5.41, 5.74) is 0. The number of unbranched alkanes of at least 4 members (excludes halogenated alkanes) is 6. The van der Waals surface area contributed by atoms with Crippen LogP contribution in [0.5, 0.6) is 0 Å². The maximum atomic E-state index is 10.2. The SMILES string of the molecule is CCCCCCCCC.O=S(=O)(O)F. The highest BCUT2D eigenvalue weighted by atomic mass is 32.3. The molecule has 3 nitrogen and oxygen atoms in total. The molecule has 0 heterocycles. The van der Waals surface area contributed by atoms with Crippen molar-refractivity contribution < 1.29 is 16.9 Å². The van der Waals surface area contributed by atoms with Crippen LogP contribution in [-0.2, 0) is 10.5 Å². The van der Waals surface area contributed by atoms with E-state index in [1.165, 1.54) is 44.9 Å². The van der Waals surface area contributed by atoms with Gasteiger partial charge in [-0.3, -0.25) is 4.55 Å². The van der Waals surface area contributed by atoms with Crippen molar-refractivity contribution in [2.24, 2.45) is 0 Å². The zero-order chi connectivity index (χ0) is 11.4. The summed E-state index contributed by atoms with van der Waals surface area (Å²) in [7, 11) is -5.17. The van der Waals surface area contributed by atoms with Crippen LogP contribution in [0, 0.1) is 0 Å². The minimum Gasteiger partial charge on any atom is -0.260 e. The molecule has 14 heavy (non-hydrogen) atoms. The van der Waals surface area contributed by atoms with Crippen molar-refractivity contribution in [2.75, 3.05) is 0 Å². The van der Waals surface area contributed by atoms with Gasteiger partial charge in [0.25, 0.3) is 0 Å². The molecule has 0 bridgehead atoms. The molecule has 0 atom stereocenters. The number of hydrogen-bond acceptors (Lipinski definition) is 2. The van der Waals surface area contributed by atoms with Crippen molar-refractivity contribution in [1.29, 1.82) is 0 Å². The van der Waals surface area contributed by atoms with E-state index in [0.717, 1.165) is 0 Å². The second-order valence-electron chi connectivity index (χ2n) is 3.18. The monoisotopic (exact) mass is 228 g/mol. The molecular formula is C9H21FO3S. The van der Waals surface area contributed by atoms with Gasteiger partial charge in [-0.25, -0.2) is 0 Å².